The minimum Gasteiger partial charge on any atom is -0.386 e. The summed E-state index contributed by atoms with van der Waals surface area (Å²) in [5.74, 6) is 0. The van der Waals surface area contributed by atoms with Crippen molar-refractivity contribution in [3.05, 3.63) is 36.0 Å². The van der Waals surface area contributed by atoms with Crippen LogP contribution in [0.4, 0.5) is 0 Å². The first-order valence-electron chi connectivity index (χ1n) is 3.85. The van der Waals surface area contributed by atoms with Crippen LogP contribution in [0.2, 0.25) is 0 Å². The average Bonchev–Trinajstić information content (AvgIpc) is 1.83. The second kappa shape index (κ2) is 3.05. The van der Waals surface area contributed by atoms with Crippen LogP contribution in [0, 0.1) is 0 Å². The second-order valence-corrected chi connectivity index (χ2v) is 3.23. The van der Waals surface area contributed by atoms with Gasteiger partial charge in [-0.25, -0.2) is 0 Å². The quantitative estimate of drug-likeness (QED) is 0.561. The smallest absolute Gasteiger partial charge is 0.0837 e. The summed E-state index contributed by atoms with van der Waals surface area (Å²) in [5.41, 5.74) is 0.546. The van der Waals surface area contributed by atoms with Crippen molar-refractivity contribution in [2.45, 2.75) is 25.9 Å². The molecule has 1 atom stereocenters. The van der Waals surface area contributed by atoms with Crippen molar-refractivity contribution in [3.8, 4) is 0 Å². The maximum Gasteiger partial charge on any atom is 0.0837 e. The van der Waals surface area contributed by atoms with Gasteiger partial charge in [0.05, 0.1) is 5.60 Å². The average molecular weight is 150 g/mol. The van der Waals surface area contributed by atoms with Gasteiger partial charge in [-0.3, -0.25) is 0 Å². The standard InChI is InChI=1S/C10H14O/c1-9-5-3-7-10(2,11)8-4-6-9/h3-7,11H,8H2,1-2H3/b6-4?,7-3-,9-5?/t10-/m1/s1. The molecule has 0 aromatic rings. The SMILES string of the molecule is CC1=C/C=C\[C@@](C)(O)CC=C1. The van der Waals surface area contributed by atoms with Gasteiger partial charge in [0.1, 0.15) is 0 Å². The largest absolute Gasteiger partial charge is 0.386 e. The van der Waals surface area contributed by atoms with E-state index in [-0.39, 0.29) is 0 Å². The summed E-state index contributed by atoms with van der Waals surface area (Å²) in [6.07, 6.45) is 10.4. The zero-order valence-corrected chi connectivity index (χ0v) is 7.04. The Morgan fingerprint density at radius 3 is 3.00 bits per heavy atom. The van der Waals surface area contributed by atoms with Gasteiger partial charge in [-0.2, -0.15) is 0 Å². The highest BCUT2D eigenvalue weighted by Gasteiger charge is 2.13. The molecule has 11 heavy (non-hydrogen) atoms. The molecule has 0 saturated heterocycles. The van der Waals surface area contributed by atoms with E-state index >= 15 is 0 Å². The van der Waals surface area contributed by atoms with E-state index in [4.69, 9.17) is 0 Å². The van der Waals surface area contributed by atoms with Gasteiger partial charge >= 0.3 is 0 Å². The fourth-order valence-corrected chi connectivity index (χ4v) is 1.01. The summed E-state index contributed by atoms with van der Waals surface area (Å²) in [6.45, 7) is 3.85. The van der Waals surface area contributed by atoms with Crippen LogP contribution >= 0.6 is 0 Å². The molecule has 0 fully saturated rings. The molecular weight excluding hydrogens is 136 g/mol. The molecule has 0 bridgehead atoms. The predicted octanol–water partition coefficient (Wildman–Crippen LogP) is 2.20. The molecule has 0 unspecified atom stereocenters. The molecule has 0 aromatic carbocycles. The molecule has 0 aliphatic heterocycles. The van der Waals surface area contributed by atoms with E-state index < -0.39 is 5.60 Å². The van der Waals surface area contributed by atoms with Crippen molar-refractivity contribution in [1.82, 2.24) is 0 Å². The van der Waals surface area contributed by atoms with Gasteiger partial charge < -0.3 is 5.11 Å². The molecule has 60 valence electrons. The first-order valence-corrected chi connectivity index (χ1v) is 3.85. The summed E-state index contributed by atoms with van der Waals surface area (Å²) >= 11 is 0. The molecule has 0 amide bonds. The fourth-order valence-electron chi connectivity index (χ4n) is 1.01. The Hall–Kier alpha value is -0.820. The molecule has 0 radical (unpaired) electrons. The molecule has 0 spiro atoms. The Morgan fingerprint density at radius 1 is 1.55 bits per heavy atom. The Bertz CT molecular complexity index is 219. The maximum atomic E-state index is 9.60. The summed E-state index contributed by atoms with van der Waals surface area (Å²) in [7, 11) is 0. The topological polar surface area (TPSA) is 20.2 Å². The third kappa shape index (κ3) is 2.72. The number of hydrogen-bond donors (Lipinski definition) is 1. The van der Waals surface area contributed by atoms with Crippen LogP contribution in [0.1, 0.15) is 20.3 Å². The molecule has 0 heterocycles. The molecule has 1 aliphatic rings. The van der Waals surface area contributed by atoms with Crippen LogP contribution in [0.5, 0.6) is 0 Å². The lowest BCUT2D eigenvalue weighted by Gasteiger charge is -2.16. The Labute approximate surface area is 67.7 Å². The number of hydrogen-bond acceptors (Lipinski definition) is 1. The van der Waals surface area contributed by atoms with Gasteiger partial charge in [0.25, 0.3) is 0 Å². The summed E-state index contributed by atoms with van der Waals surface area (Å²) in [5, 5.41) is 9.60. The molecule has 1 rings (SSSR count). The molecule has 0 saturated carbocycles. The predicted molar refractivity (Wildman–Crippen MR) is 47.3 cm³/mol. The first kappa shape index (κ1) is 8.28. The van der Waals surface area contributed by atoms with Gasteiger partial charge in [-0.1, -0.05) is 36.0 Å². The van der Waals surface area contributed by atoms with Gasteiger partial charge in [0.2, 0.25) is 0 Å². The first-order chi connectivity index (χ1) is 5.10. The Balaban J connectivity index is 2.82. The van der Waals surface area contributed by atoms with Crippen LogP contribution < -0.4 is 0 Å². The van der Waals surface area contributed by atoms with Gasteiger partial charge in [0, 0.05) is 0 Å². The zero-order chi connectivity index (χ0) is 8.32. The van der Waals surface area contributed by atoms with Crippen molar-refractivity contribution in [3.63, 3.8) is 0 Å². The highest BCUT2D eigenvalue weighted by Crippen LogP contribution is 2.15. The van der Waals surface area contributed by atoms with Crippen LogP contribution in [-0.2, 0) is 0 Å². The van der Waals surface area contributed by atoms with Crippen LogP contribution in [0.3, 0.4) is 0 Å². The lowest BCUT2D eigenvalue weighted by atomic mass is 9.99. The van der Waals surface area contributed by atoms with Crippen molar-refractivity contribution >= 4 is 0 Å². The van der Waals surface area contributed by atoms with Crippen molar-refractivity contribution in [2.75, 3.05) is 0 Å². The van der Waals surface area contributed by atoms with Crippen molar-refractivity contribution in [1.29, 1.82) is 0 Å². The molecular formula is C10H14O. The van der Waals surface area contributed by atoms with E-state index in [0.717, 1.165) is 0 Å². The minimum absolute atomic E-state index is 0.673. The van der Waals surface area contributed by atoms with E-state index in [1.54, 1.807) is 0 Å². The lowest BCUT2D eigenvalue weighted by Crippen LogP contribution is -2.19. The van der Waals surface area contributed by atoms with Crippen molar-refractivity contribution < 1.29 is 5.11 Å². The summed E-state index contributed by atoms with van der Waals surface area (Å²) in [6, 6.07) is 0. The molecule has 1 aliphatic carbocycles. The van der Waals surface area contributed by atoms with E-state index in [1.807, 2.05) is 44.2 Å². The zero-order valence-electron chi connectivity index (χ0n) is 7.04. The van der Waals surface area contributed by atoms with Gasteiger partial charge in [-0.05, 0) is 20.3 Å². The van der Waals surface area contributed by atoms with E-state index in [0.29, 0.717) is 6.42 Å². The molecule has 1 nitrogen and oxygen atoms in total. The molecule has 1 N–H and O–H groups in total. The number of aliphatic hydroxyl groups is 1. The van der Waals surface area contributed by atoms with Gasteiger partial charge in [-0.15, -0.1) is 0 Å². The van der Waals surface area contributed by atoms with E-state index in [2.05, 4.69) is 0 Å². The summed E-state index contributed by atoms with van der Waals surface area (Å²) < 4.78 is 0. The number of allylic oxidation sites excluding steroid dienone is 4. The third-order valence-electron chi connectivity index (χ3n) is 1.73. The van der Waals surface area contributed by atoms with E-state index in [9.17, 15) is 5.11 Å². The second-order valence-electron chi connectivity index (χ2n) is 3.23. The Kier molecular flexibility index (Phi) is 2.30. The van der Waals surface area contributed by atoms with Crippen LogP contribution in [0.25, 0.3) is 0 Å². The summed E-state index contributed by atoms with van der Waals surface area (Å²) in [4.78, 5) is 0. The monoisotopic (exact) mass is 150 g/mol. The fraction of sp³-hybridized carbons (Fsp3) is 0.400. The minimum atomic E-state index is -0.673. The lowest BCUT2D eigenvalue weighted by molar-refractivity contribution is 0.115. The highest BCUT2D eigenvalue weighted by molar-refractivity contribution is 5.25. The molecule has 0 aromatic heterocycles. The van der Waals surface area contributed by atoms with E-state index in [1.165, 1.54) is 5.57 Å². The number of rotatable bonds is 0. The highest BCUT2D eigenvalue weighted by atomic mass is 16.3. The maximum absolute atomic E-state index is 9.60. The normalized spacial score (nSPS) is 33.9. The molecule has 1 heteroatoms. The Morgan fingerprint density at radius 2 is 2.27 bits per heavy atom. The van der Waals surface area contributed by atoms with Crippen LogP contribution in [-0.4, -0.2) is 10.7 Å². The third-order valence-corrected chi connectivity index (χ3v) is 1.73. The van der Waals surface area contributed by atoms with Crippen LogP contribution in [0.15, 0.2) is 36.0 Å². The van der Waals surface area contributed by atoms with Crippen molar-refractivity contribution in [2.24, 2.45) is 0 Å². The van der Waals surface area contributed by atoms with Gasteiger partial charge in [0.15, 0.2) is 0 Å².